The summed E-state index contributed by atoms with van der Waals surface area (Å²) in [5.41, 5.74) is 6.87. The van der Waals surface area contributed by atoms with Crippen LogP contribution < -0.4 is 4.90 Å². The van der Waals surface area contributed by atoms with E-state index in [1.807, 2.05) is 31.2 Å². The van der Waals surface area contributed by atoms with Crippen molar-refractivity contribution in [2.75, 3.05) is 11.4 Å². The van der Waals surface area contributed by atoms with E-state index in [0.717, 1.165) is 23.5 Å². The van der Waals surface area contributed by atoms with E-state index >= 15 is 0 Å². The highest BCUT2D eigenvalue weighted by Gasteiger charge is 2.19. The van der Waals surface area contributed by atoms with Crippen molar-refractivity contribution in [3.63, 3.8) is 0 Å². The fourth-order valence-electron chi connectivity index (χ4n) is 3.71. The third-order valence-electron chi connectivity index (χ3n) is 5.74. The van der Waals surface area contributed by atoms with Gasteiger partial charge in [0.05, 0.1) is 6.54 Å². The van der Waals surface area contributed by atoms with Gasteiger partial charge < -0.3 is 4.90 Å². The third kappa shape index (κ3) is 8.26. The van der Waals surface area contributed by atoms with Crippen molar-refractivity contribution < 1.29 is 0 Å². The highest BCUT2D eigenvalue weighted by Crippen LogP contribution is 2.33. The van der Waals surface area contributed by atoms with Crippen molar-refractivity contribution in [2.24, 2.45) is 4.99 Å². The van der Waals surface area contributed by atoms with Crippen LogP contribution in [0.4, 0.5) is 11.4 Å². The van der Waals surface area contributed by atoms with Gasteiger partial charge in [0.25, 0.3) is 0 Å². The zero-order valence-electron chi connectivity index (χ0n) is 22.0. The standard InChI is InChI=1S/C33H40N2/c1-8-12-13-16-27(5)25-34-26-33(6,7)29-19-23-32(24-20-29)35(30(14-9-2)15-10-3)31-21-17-28(11-4)18-22-31/h8-10,12-24,26H,1-2,11,25H2,3-7H3/b13-12-,15-10-,27-16+,30-14+,34-26+. The smallest absolute Gasteiger partial charge is 0.0596 e. The highest BCUT2D eigenvalue weighted by molar-refractivity contribution is 5.75. The Bertz CT molecular complexity index is 1100. The van der Waals surface area contributed by atoms with E-state index in [0.29, 0.717) is 6.54 Å². The van der Waals surface area contributed by atoms with E-state index in [9.17, 15) is 0 Å². The first kappa shape index (κ1) is 27.6. The van der Waals surface area contributed by atoms with Gasteiger partial charge in [0.1, 0.15) is 0 Å². The van der Waals surface area contributed by atoms with E-state index in [4.69, 9.17) is 4.99 Å². The molecule has 0 saturated carbocycles. The van der Waals surface area contributed by atoms with Crippen LogP contribution in [0.5, 0.6) is 0 Å². The molecule has 0 bridgehead atoms. The maximum atomic E-state index is 4.70. The SMILES string of the molecule is C=C/C=C\C=C(/C)C/N=C/C(C)(C)c1ccc(N(C(/C=C\C)=C/C=C)c2ccc(CC)cc2)cc1. The lowest BCUT2D eigenvalue weighted by molar-refractivity contribution is 0.731. The molecule has 182 valence electrons. The van der Waals surface area contributed by atoms with E-state index in [1.54, 1.807) is 6.08 Å². The Morgan fingerprint density at radius 1 is 0.914 bits per heavy atom. The van der Waals surface area contributed by atoms with Crippen molar-refractivity contribution >= 4 is 17.6 Å². The Hall–Kier alpha value is -3.65. The molecule has 0 aliphatic rings. The number of aryl methyl sites for hydroxylation is 1. The van der Waals surface area contributed by atoms with Crippen LogP contribution in [0.25, 0.3) is 0 Å². The summed E-state index contributed by atoms with van der Waals surface area (Å²) in [5.74, 6) is 0. The van der Waals surface area contributed by atoms with Gasteiger partial charge in [-0.1, -0.05) is 100 Å². The van der Waals surface area contributed by atoms with Crippen LogP contribution in [0, 0.1) is 0 Å². The molecule has 2 nitrogen and oxygen atoms in total. The molecular formula is C33H40N2. The molecule has 35 heavy (non-hydrogen) atoms. The summed E-state index contributed by atoms with van der Waals surface area (Å²) in [4.78, 5) is 6.96. The maximum absolute atomic E-state index is 4.70. The predicted octanol–water partition coefficient (Wildman–Crippen LogP) is 9.07. The van der Waals surface area contributed by atoms with Gasteiger partial charge in [-0.2, -0.15) is 0 Å². The first-order chi connectivity index (χ1) is 16.9. The minimum atomic E-state index is -0.174. The van der Waals surface area contributed by atoms with E-state index in [2.05, 4.69) is 119 Å². The number of aliphatic imine (C=N–C) groups is 1. The molecule has 0 spiro atoms. The number of allylic oxidation sites excluding steroid dienone is 8. The van der Waals surface area contributed by atoms with Crippen molar-refractivity contribution in [1.82, 2.24) is 0 Å². The normalized spacial score (nSPS) is 13.2. The summed E-state index contributed by atoms with van der Waals surface area (Å²) in [5, 5.41) is 0. The fourth-order valence-corrected chi connectivity index (χ4v) is 3.71. The van der Waals surface area contributed by atoms with Gasteiger partial charge in [0.2, 0.25) is 0 Å². The number of hydrogen-bond acceptors (Lipinski definition) is 2. The van der Waals surface area contributed by atoms with Crippen LogP contribution in [0.15, 0.2) is 127 Å². The van der Waals surface area contributed by atoms with Gasteiger partial charge in [-0.05, 0) is 67.8 Å². The monoisotopic (exact) mass is 464 g/mol. The Morgan fingerprint density at radius 3 is 2.09 bits per heavy atom. The van der Waals surface area contributed by atoms with Gasteiger partial charge in [-0.3, -0.25) is 4.99 Å². The largest absolute Gasteiger partial charge is 0.311 e. The van der Waals surface area contributed by atoms with Gasteiger partial charge in [0, 0.05) is 28.7 Å². The number of anilines is 2. The fraction of sp³-hybridized carbons (Fsp3) is 0.242. The molecule has 0 aliphatic carbocycles. The summed E-state index contributed by atoms with van der Waals surface area (Å²) in [6.07, 6.45) is 18.9. The average molecular weight is 465 g/mol. The Balaban J connectivity index is 2.35. The van der Waals surface area contributed by atoms with Crippen LogP contribution in [0.1, 0.15) is 45.7 Å². The summed E-state index contributed by atoms with van der Waals surface area (Å²) in [6.45, 7) is 19.0. The molecule has 0 atom stereocenters. The summed E-state index contributed by atoms with van der Waals surface area (Å²) < 4.78 is 0. The topological polar surface area (TPSA) is 15.6 Å². The highest BCUT2D eigenvalue weighted by atomic mass is 15.1. The van der Waals surface area contributed by atoms with Crippen LogP contribution in [0.3, 0.4) is 0 Å². The van der Waals surface area contributed by atoms with Crippen LogP contribution >= 0.6 is 0 Å². The number of rotatable bonds is 12. The van der Waals surface area contributed by atoms with Crippen molar-refractivity contribution in [2.45, 2.75) is 46.5 Å². The third-order valence-corrected chi connectivity index (χ3v) is 5.74. The molecule has 2 aromatic rings. The van der Waals surface area contributed by atoms with Crippen LogP contribution in [0.2, 0.25) is 0 Å². The van der Waals surface area contributed by atoms with Crippen molar-refractivity contribution in [1.29, 1.82) is 0 Å². The van der Waals surface area contributed by atoms with Crippen molar-refractivity contribution in [3.05, 3.63) is 133 Å². The van der Waals surface area contributed by atoms with E-state index < -0.39 is 0 Å². The molecule has 0 unspecified atom stereocenters. The minimum absolute atomic E-state index is 0.174. The molecule has 0 N–H and O–H groups in total. The zero-order valence-corrected chi connectivity index (χ0v) is 22.0. The van der Waals surface area contributed by atoms with Crippen LogP contribution in [-0.2, 0) is 11.8 Å². The molecular weight excluding hydrogens is 424 g/mol. The van der Waals surface area contributed by atoms with Gasteiger partial charge in [0.15, 0.2) is 0 Å². The summed E-state index contributed by atoms with van der Waals surface area (Å²) >= 11 is 0. The lowest BCUT2D eigenvalue weighted by atomic mass is 9.86. The zero-order chi connectivity index (χ0) is 25.7. The second-order valence-corrected chi connectivity index (χ2v) is 9.05. The first-order valence-electron chi connectivity index (χ1n) is 12.3. The minimum Gasteiger partial charge on any atom is -0.311 e. The number of hydrogen-bond donors (Lipinski definition) is 0. The van der Waals surface area contributed by atoms with Crippen LogP contribution in [-0.4, -0.2) is 12.8 Å². The Kier molecular flexibility index (Phi) is 11.0. The molecule has 2 aromatic carbocycles. The molecule has 0 fully saturated rings. The second kappa shape index (κ2) is 13.9. The number of nitrogens with zero attached hydrogens (tertiary/aromatic N) is 2. The van der Waals surface area contributed by atoms with Gasteiger partial charge in [-0.25, -0.2) is 0 Å². The molecule has 0 heterocycles. The molecule has 0 aromatic heterocycles. The molecule has 0 radical (unpaired) electrons. The predicted molar refractivity (Wildman–Crippen MR) is 157 cm³/mol. The quantitative estimate of drug-likeness (QED) is 0.226. The Labute approximate surface area is 213 Å². The summed E-state index contributed by atoms with van der Waals surface area (Å²) in [7, 11) is 0. The Morgan fingerprint density at radius 2 is 1.54 bits per heavy atom. The molecule has 2 rings (SSSR count). The maximum Gasteiger partial charge on any atom is 0.0596 e. The number of benzene rings is 2. The van der Waals surface area contributed by atoms with Gasteiger partial charge in [-0.15, -0.1) is 0 Å². The van der Waals surface area contributed by atoms with E-state index in [1.165, 1.54) is 16.7 Å². The first-order valence-corrected chi connectivity index (χ1v) is 12.3. The summed E-state index contributed by atoms with van der Waals surface area (Å²) in [6, 6.07) is 17.5. The lowest BCUT2D eigenvalue weighted by Crippen LogP contribution is -2.20. The second-order valence-electron chi connectivity index (χ2n) is 9.05. The molecule has 0 amide bonds. The molecule has 2 heteroatoms. The average Bonchev–Trinajstić information content (AvgIpc) is 2.85. The van der Waals surface area contributed by atoms with E-state index in [-0.39, 0.29) is 5.41 Å². The molecule has 0 saturated heterocycles. The lowest BCUT2D eigenvalue weighted by Gasteiger charge is -2.28. The van der Waals surface area contributed by atoms with Crippen molar-refractivity contribution in [3.8, 4) is 0 Å². The van der Waals surface area contributed by atoms with Gasteiger partial charge >= 0.3 is 0 Å². The molecule has 0 aliphatic heterocycles.